The van der Waals surface area contributed by atoms with Crippen molar-refractivity contribution in [2.45, 2.75) is 20.4 Å². The van der Waals surface area contributed by atoms with Gasteiger partial charge in [0.25, 0.3) is 0 Å². The molecule has 0 fully saturated rings. The zero-order chi connectivity index (χ0) is 14.3. The van der Waals surface area contributed by atoms with Crippen molar-refractivity contribution in [3.63, 3.8) is 0 Å². The molecule has 0 bridgehead atoms. The lowest BCUT2D eigenvalue weighted by molar-refractivity contribution is 0.701. The van der Waals surface area contributed by atoms with Crippen LogP contribution < -0.4 is 5.32 Å². The van der Waals surface area contributed by atoms with E-state index in [9.17, 15) is 0 Å². The Morgan fingerprint density at radius 1 is 1.25 bits per heavy atom. The Labute approximate surface area is 118 Å². The number of rotatable bonds is 3. The minimum absolute atomic E-state index is 0.767. The molecule has 20 heavy (non-hydrogen) atoms. The van der Waals surface area contributed by atoms with Crippen molar-refractivity contribution in [3.05, 3.63) is 35.5 Å². The Balaban J connectivity index is 2.12. The topological polar surface area (TPSA) is 58.5 Å². The molecule has 0 aliphatic heterocycles. The summed E-state index contributed by atoms with van der Waals surface area (Å²) < 4.78 is 2.13. The van der Waals surface area contributed by atoms with Crippen LogP contribution in [0.25, 0.3) is 22.3 Å². The first-order chi connectivity index (χ1) is 9.60. The number of aryl methyl sites for hydroxylation is 1. The second-order valence-electron chi connectivity index (χ2n) is 5.11. The lowest BCUT2D eigenvalue weighted by Crippen LogP contribution is -2.10. The lowest BCUT2D eigenvalue weighted by Gasteiger charge is -2.01. The van der Waals surface area contributed by atoms with Gasteiger partial charge in [-0.25, -0.2) is 9.97 Å². The van der Waals surface area contributed by atoms with Crippen molar-refractivity contribution < 1.29 is 0 Å². The fourth-order valence-electron chi connectivity index (χ4n) is 2.51. The fraction of sp³-hybridized carbons (Fsp3) is 0.333. The molecular formula is C15H19N5. The number of benzene rings is 1. The molecule has 5 heteroatoms. The number of aromatic nitrogens is 4. The molecule has 104 valence electrons. The summed E-state index contributed by atoms with van der Waals surface area (Å²) in [7, 11) is 3.99. The summed E-state index contributed by atoms with van der Waals surface area (Å²) in [5.74, 6) is 1.98. The zero-order valence-corrected chi connectivity index (χ0v) is 12.3. The van der Waals surface area contributed by atoms with Crippen LogP contribution in [0.15, 0.2) is 18.2 Å². The minimum atomic E-state index is 0.767. The maximum Gasteiger partial charge on any atom is 0.123 e. The van der Waals surface area contributed by atoms with E-state index >= 15 is 0 Å². The van der Waals surface area contributed by atoms with Gasteiger partial charge < -0.3 is 14.9 Å². The predicted molar refractivity (Wildman–Crippen MR) is 80.5 cm³/mol. The van der Waals surface area contributed by atoms with Crippen LogP contribution in [0, 0.1) is 13.8 Å². The third-order valence-corrected chi connectivity index (χ3v) is 3.68. The van der Waals surface area contributed by atoms with E-state index in [-0.39, 0.29) is 0 Å². The van der Waals surface area contributed by atoms with Crippen LogP contribution in [0.2, 0.25) is 0 Å². The molecule has 0 atom stereocenters. The molecule has 0 radical (unpaired) electrons. The van der Waals surface area contributed by atoms with Crippen LogP contribution >= 0.6 is 0 Å². The van der Waals surface area contributed by atoms with Crippen LogP contribution in [0.4, 0.5) is 0 Å². The number of fused-ring (bicyclic) bond motifs is 1. The highest BCUT2D eigenvalue weighted by Crippen LogP contribution is 2.26. The van der Waals surface area contributed by atoms with Gasteiger partial charge in [0.2, 0.25) is 0 Å². The average molecular weight is 269 g/mol. The Hall–Kier alpha value is -2.14. The highest BCUT2D eigenvalue weighted by molar-refractivity contribution is 5.81. The van der Waals surface area contributed by atoms with Crippen LogP contribution in [0.5, 0.6) is 0 Å². The first-order valence-corrected chi connectivity index (χ1v) is 6.73. The fourth-order valence-corrected chi connectivity index (χ4v) is 2.51. The molecule has 3 aromatic rings. The normalized spacial score (nSPS) is 11.4. The standard InChI is InChI=1S/C15H19N5/c1-9-15(19-14(8-16-3)20(9)4)11-5-6-12-13(7-11)18-10(2)17-12/h5-7,16H,8H2,1-4H3,(H,17,18). The first-order valence-electron chi connectivity index (χ1n) is 6.73. The minimum Gasteiger partial charge on any atom is -0.342 e. The summed E-state index contributed by atoms with van der Waals surface area (Å²) >= 11 is 0. The van der Waals surface area contributed by atoms with E-state index in [1.807, 2.05) is 20.0 Å². The molecular weight excluding hydrogens is 250 g/mol. The lowest BCUT2D eigenvalue weighted by atomic mass is 10.1. The van der Waals surface area contributed by atoms with Crippen molar-refractivity contribution in [3.8, 4) is 11.3 Å². The van der Waals surface area contributed by atoms with Gasteiger partial charge in [-0.2, -0.15) is 0 Å². The summed E-state index contributed by atoms with van der Waals surface area (Å²) in [5, 5.41) is 3.15. The van der Waals surface area contributed by atoms with Gasteiger partial charge in [0, 0.05) is 18.3 Å². The summed E-state index contributed by atoms with van der Waals surface area (Å²) in [6, 6.07) is 6.24. The van der Waals surface area contributed by atoms with E-state index in [1.54, 1.807) is 0 Å². The summed E-state index contributed by atoms with van der Waals surface area (Å²) in [5.41, 5.74) is 5.38. The number of imidazole rings is 2. The van der Waals surface area contributed by atoms with Crippen LogP contribution in [-0.4, -0.2) is 26.6 Å². The molecule has 0 aliphatic carbocycles. The maximum absolute atomic E-state index is 4.75. The SMILES string of the molecule is CNCc1nc(-c2ccc3nc(C)[nH]c3c2)c(C)n1C. The predicted octanol–water partition coefficient (Wildman–Crippen LogP) is 2.30. The molecule has 2 heterocycles. The molecule has 0 amide bonds. The second kappa shape index (κ2) is 4.76. The van der Waals surface area contributed by atoms with Gasteiger partial charge in [0.05, 0.1) is 23.3 Å². The monoisotopic (exact) mass is 269 g/mol. The van der Waals surface area contributed by atoms with E-state index < -0.39 is 0 Å². The first kappa shape index (κ1) is 12.9. The van der Waals surface area contributed by atoms with E-state index in [0.29, 0.717) is 0 Å². The number of nitrogens with zero attached hydrogens (tertiary/aromatic N) is 3. The van der Waals surface area contributed by atoms with Gasteiger partial charge in [-0.1, -0.05) is 6.07 Å². The van der Waals surface area contributed by atoms with Crippen molar-refractivity contribution in [2.24, 2.45) is 7.05 Å². The molecule has 2 N–H and O–H groups in total. The smallest absolute Gasteiger partial charge is 0.123 e. The van der Waals surface area contributed by atoms with Crippen LogP contribution in [0.1, 0.15) is 17.3 Å². The maximum atomic E-state index is 4.75. The number of hydrogen-bond acceptors (Lipinski definition) is 3. The molecule has 3 rings (SSSR count). The van der Waals surface area contributed by atoms with Crippen LogP contribution in [0.3, 0.4) is 0 Å². The summed E-state index contributed by atoms with van der Waals surface area (Å²) in [6.45, 7) is 4.84. The molecule has 0 aliphatic rings. The molecule has 0 spiro atoms. The third-order valence-electron chi connectivity index (χ3n) is 3.68. The summed E-state index contributed by atoms with van der Waals surface area (Å²) in [6.07, 6.45) is 0. The Kier molecular flexibility index (Phi) is 3.06. The second-order valence-corrected chi connectivity index (χ2v) is 5.11. The van der Waals surface area contributed by atoms with Gasteiger partial charge in [-0.15, -0.1) is 0 Å². The van der Waals surface area contributed by atoms with E-state index in [0.717, 1.165) is 40.5 Å². The van der Waals surface area contributed by atoms with Crippen molar-refractivity contribution in [2.75, 3.05) is 7.05 Å². The van der Waals surface area contributed by atoms with Gasteiger partial charge in [-0.05, 0) is 33.0 Å². The molecule has 1 aromatic carbocycles. The Morgan fingerprint density at radius 3 is 2.80 bits per heavy atom. The van der Waals surface area contributed by atoms with Gasteiger partial charge in [0.15, 0.2) is 0 Å². The van der Waals surface area contributed by atoms with Crippen molar-refractivity contribution >= 4 is 11.0 Å². The largest absolute Gasteiger partial charge is 0.342 e. The van der Waals surface area contributed by atoms with Crippen molar-refractivity contribution in [1.82, 2.24) is 24.8 Å². The van der Waals surface area contributed by atoms with Gasteiger partial charge >= 0.3 is 0 Å². The summed E-state index contributed by atoms with van der Waals surface area (Å²) in [4.78, 5) is 12.5. The van der Waals surface area contributed by atoms with Gasteiger partial charge in [-0.3, -0.25) is 0 Å². The molecule has 5 nitrogen and oxygen atoms in total. The zero-order valence-electron chi connectivity index (χ0n) is 12.3. The number of hydrogen-bond donors (Lipinski definition) is 2. The van der Waals surface area contributed by atoms with E-state index in [4.69, 9.17) is 4.98 Å². The average Bonchev–Trinajstić information content (AvgIpc) is 2.92. The van der Waals surface area contributed by atoms with E-state index in [2.05, 4.69) is 46.0 Å². The highest BCUT2D eigenvalue weighted by atomic mass is 15.1. The molecule has 0 saturated carbocycles. The molecule has 0 unspecified atom stereocenters. The Morgan fingerprint density at radius 2 is 2.05 bits per heavy atom. The highest BCUT2D eigenvalue weighted by Gasteiger charge is 2.13. The number of nitrogens with one attached hydrogen (secondary N) is 2. The van der Waals surface area contributed by atoms with Crippen LogP contribution in [-0.2, 0) is 13.6 Å². The number of aromatic amines is 1. The molecule has 0 saturated heterocycles. The van der Waals surface area contributed by atoms with Gasteiger partial charge in [0.1, 0.15) is 11.6 Å². The molecule has 2 aromatic heterocycles. The Bertz CT molecular complexity index is 766. The van der Waals surface area contributed by atoms with Crippen molar-refractivity contribution in [1.29, 1.82) is 0 Å². The third kappa shape index (κ3) is 2.00. The quantitative estimate of drug-likeness (QED) is 0.767. The number of H-pyrrole nitrogens is 1. The van der Waals surface area contributed by atoms with E-state index in [1.165, 1.54) is 5.69 Å².